The van der Waals surface area contributed by atoms with E-state index in [1.165, 1.54) is 6.92 Å². The number of benzene rings is 1. The topological polar surface area (TPSA) is 35.5 Å². The molecule has 1 aromatic carbocycles. The third-order valence-corrected chi connectivity index (χ3v) is 1.57. The molecule has 0 saturated carbocycles. The van der Waals surface area contributed by atoms with E-state index >= 15 is 0 Å². The molecule has 6 heteroatoms. The summed E-state index contributed by atoms with van der Waals surface area (Å²) in [5.74, 6) is -2.69. The lowest BCUT2D eigenvalue weighted by Crippen LogP contribution is -2.36. The molecule has 0 unspecified atom stereocenters. The fourth-order valence-corrected chi connectivity index (χ4v) is 0.907. The molecule has 0 aliphatic heterocycles. The van der Waals surface area contributed by atoms with Crippen LogP contribution in [0.25, 0.3) is 0 Å². The Kier molecular flexibility index (Phi) is 3.76. The van der Waals surface area contributed by atoms with Crippen LogP contribution < -0.4 is 4.74 Å². The molecule has 0 spiro atoms. The summed E-state index contributed by atoms with van der Waals surface area (Å²) < 4.78 is 46.7. The number of carbonyl (C=O) groups excluding carboxylic acids is 1. The first kappa shape index (κ1) is 12.4. The van der Waals surface area contributed by atoms with E-state index in [0.29, 0.717) is 0 Å². The Labute approximate surface area is 89.8 Å². The lowest BCUT2D eigenvalue weighted by molar-refractivity contribution is -0.216. The molecule has 0 N–H and O–H groups in total. The maximum Gasteiger partial charge on any atom is 0.502 e. The van der Waals surface area contributed by atoms with Gasteiger partial charge in [-0.25, -0.2) is 9.18 Å². The van der Waals surface area contributed by atoms with Crippen LogP contribution in [0, 0.1) is 5.82 Å². The quantitative estimate of drug-likeness (QED) is 0.750. The molecule has 0 radical (unpaired) electrons. The van der Waals surface area contributed by atoms with E-state index in [1.54, 1.807) is 0 Å². The lowest BCUT2D eigenvalue weighted by Gasteiger charge is -2.15. The molecule has 16 heavy (non-hydrogen) atoms. The number of halogens is 3. The summed E-state index contributed by atoms with van der Waals surface area (Å²) in [6, 6.07) is 3.86. The minimum atomic E-state index is -4.08. The Balaban J connectivity index is 2.72. The summed E-state index contributed by atoms with van der Waals surface area (Å²) in [5, 5.41) is 0. The van der Waals surface area contributed by atoms with Crippen molar-refractivity contribution in [2.75, 3.05) is 6.61 Å². The number of rotatable bonds is 4. The number of hydrogen-bond donors (Lipinski definition) is 0. The summed E-state index contributed by atoms with van der Waals surface area (Å²) in [5.41, 5.74) is 0. The van der Waals surface area contributed by atoms with Gasteiger partial charge in [0.2, 0.25) is 0 Å². The van der Waals surface area contributed by atoms with Gasteiger partial charge in [0, 0.05) is 0 Å². The van der Waals surface area contributed by atoms with Gasteiger partial charge in [0.05, 0.1) is 6.61 Å². The van der Waals surface area contributed by atoms with Crippen LogP contribution in [0.4, 0.5) is 13.2 Å². The molecule has 0 aliphatic carbocycles. The zero-order valence-corrected chi connectivity index (χ0v) is 8.38. The number of alkyl halides is 2. The van der Waals surface area contributed by atoms with Gasteiger partial charge in [-0.3, -0.25) is 0 Å². The molecular formula is C10H9F3O3. The molecule has 0 fully saturated rings. The van der Waals surface area contributed by atoms with Crippen molar-refractivity contribution in [3.05, 3.63) is 30.1 Å². The maximum absolute atomic E-state index is 13.0. The minimum absolute atomic E-state index is 0.179. The van der Waals surface area contributed by atoms with Gasteiger partial charge < -0.3 is 9.47 Å². The monoisotopic (exact) mass is 234 g/mol. The molecule has 0 heterocycles. The number of esters is 1. The van der Waals surface area contributed by atoms with E-state index in [1.807, 2.05) is 0 Å². The van der Waals surface area contributed by atoms with Crippen LogP contribution >= 0.6 is 0 Å². The molecule has 3 nitrogen and oxygen atoms in total. The van der Waals surface area contributed by atoms with E-state index in [2.05, 4.69) is 9.47 Å². The Morgan fingerprint density at radius 3 is 2.38 bits per heavy atom. The van der Waals surface area contributed by atoms with Gasteiger partial charge in [-0.15, -0.1) is 0 Å². The zero-order valence-electron chi connectivity index (χ0n) is 8.38. The van der Waals surface area contributed by atoms with E-state index < -0.39 is 17.9 Å². The first-order chi connectivity index (χ1) is 7.45. The van der Waals surface area contributed by atoms with E-state index in [9.17, 15) is 18.0 Å². The van der Waals surface area contributed by atoms with Gasteiger partial charge in [0.15, 0.2) is 0 Å². The number of carbonyl (C=O) groups is 1. The summed E-state index contributed by atoms with van der Waals surface area (Å²) in [7, 11) is 0. The standard InChI is InChI=1S/C10H9F3O3/c1-2-15-9(14)10(12,13)16-8-5-3-7(11)4-6-8/h3-6H,2H2,1H3. The first-order valence-electron chi connectivity index (χ1n) is 4.45. The van der Waals surface area contributed by atoms with Crippen molar-refractivity contribution in [1.82, 2.24) is 0 Å². The predicted octanol–water partition coefficient (Wildman–Crippen LogP) is 2.36. The van der Waals surface area contributed by atoms with Gasteiger partial charge in [-0.2, -0.15) is 8.78 Å². The lowest BCUT2D eigenvalue weighted by atomic mass is 10.3. The second-order valence-corrected chi connectivity index (χ2v) is 2.79. The Morgan fingerprint density at radius 1 is 1.31 bits per heavy atom. The fraction of sp³-hybridized carbons (Fsp3) is 0.300. The third kappa shape index (κ3) is 3.15. The molecule has 0 bridgehead atoms. The molecule has 0 saturated heterocycles. The van der Waals surface area contributed by atoms with Crippen molar-refractivity contribution in [2.24, 2.45) is 0 Å². The summed E-state index contributed by atoms with van der Waals surface area (Å²) in [6.07, 6.45) is -4.08. The van der Waals surface area contributed by atoms with Crippen molar-refractivity contribution < 1.29 is 27.4 Å². The SMILES string of the molecule is CCOC(=O)C(F)(F)Oc1ccc(F)cc1. The summed E-state index contributed by atoms with van der Waals surface area (Å²) in [6.45, 7) is 1.22. The highest BCUT2D eigenvalue weighted by Gasteiger charge is 2.44. The van der Waals surface area contributed by atoms with Crippen LogP contribution in [0.15, 0.2) is 24.3 Å². The molecular weight excluding hydrogens is 225 g/mol. The number of hydrogen-bond acceptors (Lipinski definition) is 3. The van der Waals surface area contributed by atoms with Crippen LogP contribution in [-0.2, 0) is 9.53 Å². The van der Waals surface area contributed by atoms with Crippen molar-refractivity contribution >= 4 is 5.97 Å². The van der Waals surface area contributed by atoms with E-state index in [0.717, 1.165) is 24.3 Å². The number of ether oxygens (including phenoxy) is 2. The fourth-order valence-electron chi connectivity index (χ4n) is 0.907. The molecule has 0 aromatic heterocycles. The average molecular weight is 234 g/mol. The van der Waals surface area contributed by atoms with E-state index in [-0.39, 0.29) is 12.4 Å². The summed E-state index contributed by atoms with van der Waals surface area (Å²) in [4.78, 5) is 10.8. The Bertz CT molecular complexity index is 362. The maximum atomic E-state index is 13.0. The largest absolute Gasteiger partial charge is 0.502 e. The molecule has 0 amide bonds. The molecule has 1 rings (SSSR count). The highest BCUT2D eigenvalue weighted by Crippen LogP contribution is 2.22. The van der Waals surface area contributed by atoms with E-state index in [4.69, 9.17) is 0 Å². The Hall–Kier alpha value is -1.72. The smallest absolute Gasteiger partial charge is 0.459 e. The molecule has 88 valence electrons. The van der Waals surface area contributed by atoms with Crippen molar-refractivity contribution in [3.63, 3.8) is 0 Å². The van der Waals surface area contributed by atoms with Gasteiger partial charge in [-0.1, -0.05) is 0 Å². The highest BCUT2D eigenvalue weighted by atomic mass is 19.3. The molecule has 1 aromatic rings. The van der Waals surface area contributed by atoms with Crippen molar-refractivity contribution in [1.29, 1.82) is 0 Å². The van der Waals surface area contributed by atoms with Crippen LogP contribution in [0.1, 0.15) is 6.92 Å². The van der Waals surface area contributed by atoms with Gasteiger partial charge in [-0.05, 0) is 31.2 Å². The predicted molar refractivity (Wildman–Crippen MR) is 48.6 cm³/mol. The third-order valence-electron chi connectivity index (χ3n) is 1.57. The summed E-state index contributed by atoms with van der Waals surface area (Å²) >= 11 is 0. The van der Waals surface area contributed by atoms with Crippen molar-refractivity contribution in [3.8, 4) is 5.75 Å². The zero-order chi connectivity index (χ0) is 12.2. The average Bonchev–Trinajstić information content (AvgIpc) is 2.21. The molecule has 0 atom stereocenters. The van der Waals surface area contributed by atoms with Crippen LogP contribution in [0.3, 0.4) is 0 Å². The van der Waals surface area contributed by atoms with Crippen LogP contribution in [0.5, 0.6) is 5.75 Å². The minimum Gasteiger partial charge on any atom is -0.459 e. The second kappa shape index (κ2) is 4.87. The molecule has 0 aliphatic rings. The van der Waals surface area contributed by atoms with Crippen molar-refractivity contribution in [2.45, 2.75) is 13.0 Å². The second-order valence-electron chi connectivity index (χ2n) is 2.79. The normalized spacial score (nSPS) is 11.0. The van der Waals surface area contributed by atoms with Crippen LogP contribution in [-0.4, -0.2) is 18.7 Å². The van der Waals surface area contributed by atoms with Crippen LogP contribution in [0.2, 0.25) is 0 Å². The Morgan fingerprint density at radius 2 is 1.88 bits per heavy atom. The van der Waals surface area contributed by atoms with Gasteiger partial charge in [0.25, 0.3) is 0 Å². The highest BCUT2D eigenvalue weighted by molar-refractivity contribution is 5.76. The van der Waals surface area contributed by atoms with Gasteiger partial charge >= 0.3 is 12.1 Å². The first-order valence-corrected chi connectivity index (χ1v) is 4.45. The van der Waals surface area contributed by atoms with Gasteiger partial charge in [0.1, 0.15) is 11.6 Å².